The highest BCUT2D eigenvalue weighted by atomic mass is 32.1. The minimum atomic E-state index is -0.0283. The normalized spacial score (nSPS) is 14.7. The molecule has 150 valence electrons. The van der Waals surface area contributed by atoms with Crippen LogP contribution in [0.4, 0.5) is 5.69 Å². The summed E-state index contributed by atoms with van der Waals surface area (Å²) in [5, 5.41) is 9.93. The average molecular weight is 427 g/mol. The Kier molecular flexibility index (Phi) is 6.33. The molecule has 0 bridgehead atoms. The number of nitrogens with zero attached hydrogens (tertiary/aromatic N) is 3. The van der Waals surface area contributed by atoms with Gasteiger partial charge in [0, 0.05) is 48.2 Å². The maximum absolute atomic E-state index is 12.6. The highest BCUT2D eigenvalue weighted by Crippen LogP contribution is 2.26. The zero-order chi connectivity index (χ0) is 20.1. The minimum Gasteiger partial charge on any atom is -0.340 e. The van der Waals surface area contributed by atoms with Crippen LogP contribution in [0.3, 0.4) is 0 Å². The van der Waals surface area contributed by atoms with Gasteiger partial charge in [0.15, 0.2) is 0 Å². The lowest BCUT2D eigenvalue weighted by Crippen LogP contribution is -2.50. The summed E-state index contributed by atoms with van der Waals surface area (Å²) in [6.07, 6.45) is 0.329. The van der Waals surface area contributed by atoms with Crippen molar-refractivity contribution in [1.82, 2.24) is 14.8 Å². The van der Waals surface area contributed by atoms with E-state index in [-0.39, 0.29) is 11.8 Å². The van der Waals surface area contributed by atoms with Crippen LogP contribution in [0.5, 0.6) is 0 Å². The lowest BCUT2D eigenvalue weighted by atomic mass is 10.2. The Labute approximate surface area is 177 Å². The molecule has 6 nitrogen and oxygen atoms in total. The first-order chi connectivity index (χ1) is 14.2. The summed E-state index contributed by atoms with van der Waals surface area (Å²) < 4.78 is 0. The largest absolute Gasteiger partial charge is 0.340 e. The van der Waals surface area contributed by atoms with Gasteiger partial charge in [0.05, 0.1) is 18.7 Å². The Morgan fingerprint density at radius 3 is 2.55 bits per heavy atom. The molecule has 1 fully saturated rings. The van der Waals surface area contributed by atoms with Crippen molar-refractivity contribution in [2.45, 2.75) is 6.42 Å². The average Bonchev–Trinajstić information content (AvgIpc) is 3.41. The second-order valence-corrected chi connectivity index (χ2v) is 8.54. The number of carbonyl (C=O) groups is 2. The number of anilines is 1. The zero-order valence-electron chi connectivity index (χ0n) is 15.9. The van der Waals surface area contributed by atoms with Crippen LogP contribution >= 0.6 is 22.7 Å². The number of thiazole rings is 1. The van der Waals surface area contributed by atoms with Gasteiger partial charge in [0.1, 0.15) is 5.01 Å². The Hall–Kier alpha value is -2.55. The Balaban J connectivity index is 1.23. The summed E-state index contributed by atoms with van der Waals surface area (Å²) in [6.45, 7) is 3.02. The van der Waals surface area contributed by atoms with Gasteiger partial charge in [0.25, 0.3) is 0 Å². The van der Waals surface area contributed by atoms with Gasteiger partial charge in [0.2, 0.25) is 11.8 Å². The van der Waals surface area contributed by atoms with Crippen molar-refractivity contribution in [3.05, 3.63) is 58.2 Å². The molecular weight excluding hydrogens is 404 g/mol. The molecule has 2 aromatic heterocycles. The van der Waals surface area contributed by atoms with Gasteiger partial charge in [-0.2, -0.15) is 11.3 Å². The molecule has 0 radical (unpaired) electrons. The quantitative estimate of drug-likeness (QED) is 0.657. The molecule has 3 heterocycles. The van der Waals surface area contributed by atoms with Crippen molar-refractivity contribution in [2.24, 2.45) is 0 Å². The van der Waals surface area contributed by atoms with Crippen molar-refractivity contribution in [3.8, 4) is 10.6 Å². The molecule has 1 aliphatic rings. The number of thiophene rings is 1. The summed E-state index contributed by atoms with van der Waals surface area (Å²) in [6, 6.07) is 11.5. The summed E-state index contributed by atoms with van der Waals surface area (Å²) in [5.74, 6) is 0.0694. The van der Waals surface area contributed by atoms with Crippen LogP contribution in [0.25, 0.3) is 10.6 Å². The van der Waals surface area contributed by atoms with Crippen LogP contribution < -0.4 is 5.32 Å². The molecular formula is C21H22N4O2S2. The van der Waals surface area contributed by atoms with Gasteiger partial charge in [-0.15, -0.1) is 11.3 Å². The Morgan fingerprint density at radius 1 is 1.03 bits per heavy atom. The molecule has 29 heavy (non-hydrogen) atoms. The van der Waals surface area contributed by atoms with E-state index in [9.17, 15) is 9.59 Å². The van der Waals surface area contributed by atoms with Crippen molar-refractivity contribution in [1.29, 1.82) is 0 Å². The van der Waals surface area contributed by atoms with Crippen molar-refractivity contribution in [3.63, 3.8) is 0 Å². The number of nitrogens with one attached hydrogen (secondary N) is 1. The first-order valence-corrected chi connectivity index (χ1v) is 11.3. The van der Waals surface area contributed by atoms with Crippen molar-refractivity contribution in [2.75, 3.05) is 38.0 Å². The predicted molar refractivity (Wildman–Crippen MR) is 117 cm³/mol. The van der Waals surface area contributed by atoms with Crippen LogP contribution in [-0.4, -0.2) is 59.3 Å². The van der Waals surface area contributed by atoms with Crippen molar-refractivity contribution < 1.29 is 9.59 Å². The Bertz CT molecular complexity index is 948. The maximum atomic E-state index is 12.6. The van der Waals surface area contributed by atoms with E-state index in [4.69, 9.17) is 0 Å². The third-order valence-corrected chi connectivity index (χ3v) is 6.43. The molecule has 1 saturated heterocycles. The molecule has 0 spiro atoms. The molecule has 2 amide bonds. The smallest absolute Gasteiger partial charge is 0.238 e. The predicted octanol–water partition coefficient (Wildman–Crippen LogP) is 3.20. The summed E-state index contributed by atoms with van der Waals surface area (Å²) in [7, 11) is 0. The number of hydrogen-bond acceptors (Lipinski definition) is 6. The molecule has 0 atom stereocenters. The molecule has 0 unspecified atom stereocenters. The fourth-order valence-corrected chi connectivity index (χ4v) is 4.79. The fourth-order valence-electron chi connectivity index (χ4n) is 3.25. The van der Waals surface area contributed by atoms with E-state index >= 15 is 0 Å². The monoisotopic (exact) mass is 426 g/mol. The second-order valence-electron chi connectivity index (χ2n) is 6.90. The van der Waals surface area contributed by atoms with Gasteiger partial charge in [-0.05, 0) is 23.6 Å². The standard InChI is InChI=1S/C21H22N4O2S2/c26-19(22-17-4-2-1-3-5-17)13-24-7-9-25(10-8-24)20(27)12-18-15-29-21(23-18)16-6-11-28-14-16/h1-6,11,14-15H,7-10,12-13H2,(H,22,26). The van der Waals surface area contributed by atoms with Gasteiger partial charge in [-0.1, -0.05) is 18.2 Å². The van der Waals surface area contributed by atoms with E-state index in [2.05, 4.69) is 20.6 Å². The highest BCUT2D eigenvalue weighted by Gasteiger charge is 2.23. The molecule has 4 rings (SSSR count). The summed E-state index contributed by atoms with van der Waals surface area (Å²) in [5.41, 5.74) is 2.74. The topological polar surface area (TPSA) is 65.5 Å². The van der Waals surface area contributed by atoms with Gasteiger partial charge in [-0.3, -0.25) is 14.5 Å². The number of amides is 2. The van der Waals surface area contributed by atoms with Gasteiger partial charge in [-0.25, -0.2) is 4.98 Å². The zero-order valence-corrected chi connectivity index (χ0v) is 17.5. The molecule has 8 heteroatoms. The third kappa shape index (κ3) is 5.29. The second kappa shape index (κ2) is 9.30. The van der Waals surface area contributed by atoms with E-state index in [0.29, 0.717) is 39.1 Å². The number of rotatable bonds is 6. The van der Waals surface area contributed by atoms with Crippen LogP contribution in [0.1, 0.15) is 5.69 Å². The summed E-state index contributed by atoms with van der Waals surface area (Å²) >= 11 is 3.22. The van der Waals surface area contributed by atoms with Gasteiger partial charge < -0.3 is 10.2 Å². The first-order valence-electron chi connectivity index (χ1n) is 9.49. The number of para-hydroxylation sites is 1. The maximum Gasteiger partial charge on any atom is 0.238 e. The molecule has 1 aromatic carbocycles. The van der Waals surface area contributed by atoms with E-state index in [1.807, 2.05) is 52.1 Å². The first kappa shape index (κ1) is 19.8. The molecule has 3 aromatic rings. The van der Waals surface area contributed by atoms with Crippen LogP contribution in [-0.2, 0) is 16.0 Å². The number of aromatic nitrogens is 1. The fraction of sp³-hybridized carbons (Fsp3) is 0.286. The number of piperazine rings is 1. The van der Waals surface area contributed by atoms with Crippen LogP contribution in [0.15, 0.2) is 52.5 Å². The molecule has 0 aliphatic carbocycles. The number of carbonyl (C=O) groups excluding carboxylic acids is 2. The number of hydrogen-bond donors (Lipinski definition) is 1. The number of benzene rings is 1. The summed E-state index contributed by atoms with van der Waals surface area (Å²) in [4.78, 5) is 33.4. The minimum absolute atomic E-state index is 0.0283. The molecule has 1 N–H and O–H groups in total. The Morgan fingerprint density at radius 2 is 1.83 bits per heavy atom. The van der Waals surface area contributed by atoms with E-state index < -0.39 is 0 Å². The van der Waals surface area contributed by atoms with E-state index in [1.165, 1.54) is 0 Å². The lowest BCUT2D eigenvalue weighted by molar-refractivity contribution is -0.132. The van der Waals surface area contributed by atoms with Crippen LogP contribution in [0, 0.1) is 0 Å². The van der Waals surface area contributed by atoms with Crippen molar-refractivity contribution >= 4 is 40.2 Å². The van der Waals surface area contributed by atoms with Gasteiger partial charge >= 0.3 is 0 Å². The highest BCUT2D eigenvalue weighted by molar-refractivity contribution is 7.14. The third-order valence-electron chi connectivity index (χ3n) is 4.80. The van der Waals surface area contributed by atoms with E-state index in [0.717, 1.165) is 22.0 Å². The molecule has 0 saturated carbocycles. The molecule has 1 aliphatic heterocycles. The SMILES string of the molecule is O=C(CN1CCN(C(=O)Cc2csc(-c3ccsc3)n2)CC1)Nc1ccccc1. The van der Waals surface area contributed by atoms with Crippen LogP contribution in [0.2, 0.25) is 0 Å². The van der Waals surface area contributed by atoms with E-state index in [1.54, 1.807) is 22.7 Å². The lowest BCUT2D eigenvalue weighted by Gasteiger charge is -2.34.